The summed E-state index contributed by atoms with van der Waals surface area (Å²) >= 11 is 6.86. The lowest BCUT2D eigenvalue weighted by molar-refractivity contribution is -0.136. The van der Waals surface area contributed by atoms with Crippen LogP contribution in [0.5, 0.6) is 5.75 Å². The molecule has 7 heteroatoms. The van der Waals surface area contributed by atoms with Gasteiger partial charge in [-0.3, -0.25) is 4.79 Å². The number of benzene rings is 2. The van der Waals surface area contributed by atoms with Gasteiger partial charge in [0.05, 0.1) is 8.95 Å². The molecule has 0 saturated carbocycles. The number of carboxylic acids is 1. The summed E-state index contributed by atoms with van der Waals surface area (Å²) in [6.45, 7) is 2.80. The zero-order chi connectivity index (χ0) is 18.4. The van der Waals surface area contributed by atoms with Crippen LogP contribution in [-0.4, -0.2) is 17.6 Å². The molecule has 0 spiro atoms. The van der Waals surface area contributed by atoms with Gasteiger partial charge in [-0.2, -0.15) is 0 Å². The summed E-state index contributed by atoms with van der Waals surface area (Å²) in [5.74, 6) is -0.622. The SMILES string of the molecule is CCNc1ccc(F)c(COc2c(Br)cc(CCC(=O)O)cc2Br)c1. The molecule has 25 heavy (non-hydrogen) atoms. The Morgan fingerprint density at radius 2 is 1.92 bits per heavy atom. The van der Waals surface area contributed by atoms with Gasteiger partial charge in [0.15, 0.2) is 0 Å². The molecule has 2 N–H and O–H groups in total. The monoisotopic (exact) mass is 473 g/mol. The van der Waals surface area contributed by atoms with Crippen LogP contribution in [0.1, 0.15) is 24.5 Å². The number of nitrogens with one attached hydrogen (secondary N) is 1. The third-order valence-electron chi connectivity index (χ3n) is 3.48. The molecule has 0 fully saturated rings. The van der Waals surface area contributed by atoms with Gasteiger partial charge in [-0.15, -0.1) is 0 Å². The molecule has 0 aliphatic heterocycles. The molecule has 2 aromatic carbocycles. The maximum atomic E-state index is 14.0. The number of carboxylic acid groups (broad SMARTS) is 1. The Morgan fingerprint density at radius 1 is 1.24 bits per heavy atom. The topological polar surface area (TPSA) is 58.6 Å². The summed E-state index contributed by atoms with van der Waals surface area (Å²) < 4.78 is 21.1. The van der Waals surface area contributed by atoms with Gasteiger partial charge in [-0.05, 0) is 81.1 Å². The van der Waals surface area contributed by atoms with Gasteiger partial charge in [0, 0.05) is 24.2 Å². The van der Waals surface area contributed by atoms with Gasteiger partial charge in [0.25, 0.3) is 0 Å². The van der Waals surface area contributed by atoms with Crippen molar-refractivity contribution in [1.29, 1.82) is 0 Å². The minimum Gasteiger partial charge on any atom is -0.486 e. The molecule has 0 bridgehead atoms. The first-order chi connectivity index (χ1) is 11.9. The van der Waals surface area contributed by atoms with Crippen molar-refractivity contribution in [2.24, 2.45) is 0 Å². The lowest BCUT2D eigenvalue weighted by atomic mass is 10.1. The molecule has 0 aromatic heterocycles. The Labute approximate surface area is 162 Å². The molecule has 0 atom stereocenters. The van der Waals surface area contributed by atoms with Crippen LogP contribution < -0.4 is 10.1 Å². The molecule has 134 valence electrons. The zero-order valence-electron chi connectivity index (χ0n) is 13.6. The van der Waals surface area contributed by atoms with E-state index in [-0.39, 0.29) is 18.8 Å². The molecule has 4 nitrogen and oxygen atoms in total. The summed E-state index contributed by atoms with van der Waals surface area (Å²) in [7, 11) is 0. The number of halogens is 3. The van der Waals surface area contributed by atoms with Crippen LogP contribution in [0.2, 0.25) is 0 Å². The van der Waals surface area contributed by atoms with Crippen molar-refractivity contribution in [3.8, 4) is 5.75 Å². The Bertz CT molecular complexity index is 745. The Kier molecular flexibility index (Phi) is 7.25. The summed E-state index contributed by atoms with van der Waals surface area (Å²) in [6.07, 6.45) is 0.480. The maximum Gasteiger partial charge on any atom is 0.303 e. The van der Waals surface area contributed by atoms with Crippen molar-refractivity contribution < 1.29 is 19.0 Å². The molecule has 0 unspecified atom stereocenters. The first-order valence-corrected chi connectivity index (χ1v) is 9.34. The van der Waals surface area contributed by atoms with Gasteiger partial charge in [-0.25, -0.2) is 4.39 Å². The van der Waals surface area contributed by atoms with Crippen molar-refractivity contribution in [3.05, 3.63) is 56.2 Å². The number of anilines is 1. The minimum atomic E-state index is -0.844. The van der Waals surface area contributed by atoms with Crippen LogP contribution in [0.4, 0.5) is 10.1 Å². The van der Waals surface area contributed by atoms with E-state index in [9.17, 15) is 9.18 Å². The Morgan fingerprint density at radius 3 is 2.52 bits per heavy atom. The highest BCUT2D eigenvalue weighted by atomic mass is 79.9. The number of carbonyl (C=O) groups is 1. The third-order valence-corrected chi connectivity index (χ3v) is 4.66. The fraction of sp³-hybridized carbons (Fsp3) is 0.278. The van der Waals surface area contributed by atoms with Crippen LogP contribution in [0.15, 0.2) is 39.3 Å². The third kappa shape index (κ3) is 5.71. The highest BCUT2D eigenvalue weighted by molar-refractivity contribution is 9.11. The molecule has 0 amide bonds. The maximum absolute atomic E-state index is 14.0. The molecule has 0 heterocycles. The van der Waals surface area contributed by atoms with E-state index in [1.54, 1.807) is 12.1 Å². The number of rotatable bonds is 8. The zero-order valence-corrected chi connectivity index (χ0v) is 16.8. The average Bonchev–Trinajstić information content (AvgIpc) is 2.55. The van der Waals surface area contributed by atoms with Crippen molar-refractivity contribution in [1.82, 2.24) is 0 Å². The number of hydrogen-bond acceptors (Lipinski definition) is 3. The van der Waals surface area contributed by atoms with E-state index in [4.69, 9.17) is 9.84 Å². The number of ether oxygens (including phenoxy) is 1. The number of aliphatic carboxylic acids is 1. The average molecular weight is 475 g/mol. The highest BCUT2D eigenvalue weighted by Crippen LogP contribution is 2.36. The molecule has 0 saturated heterocycles. The number of hydrogen-bond donors (Lipinski definition) is 2. The molecule has 0 aliphatic carbocycles. The van der Waals surface area contributed by atoms with E-state index in [0.717, 1.165) is 17.8 Å². The van der Waals surface area contributed by atoms with Crippen LogP contribution in [-0.2, 0) is 17.8 Å². The Hall–Kier alpha value is -1.60. The number of aryl methyl sites for hydroxylation is 1. The summed E-state index contributed by atoms with van der Waals surface area (Å²) in [5, 5.41) is 11.9. The molecule has 0 radical (unpaired) electrons. The fourth-order valence-electron chi connectivity index (χ4n) is 2.30. The van der Waals surface area contributed by atoms with Gasteiger partial charge >= 0.3 is 5.97 Å². The first kappa shape index (κ1) is 19.7. The first-order valence-electron chi connectivity index (χ1n) is 7.75. The second-order valence-corrected chi connectivity index (χ2v) is 7.12. The minimum absolute atomic E-state index is 0.0571. The van der Waals surface area contributed by atoms with Crippen LogP contribution in [0, 0.1) is 5.82 Å². The van der Waals surface area contributed by atoms with Gasteiger partial charge in [0.2, 0.25) is 0 Å². The second kappa shape index (κ2) is 9.20. The fourth-order valence-corrected chi connectivity index (χ4v) is 3.81. The van der Waals surface area contributed by atoms with Crippen molar-refractivity contribution in [2.75, 3.05) is 11.9 Å². The quantitative estimate of drug-likeness (QED) is 0.539. The normalized spacial score (nSPS) is 10.6. The van der Waals surface area contributed by atoms with Crippen molar-refractivity contribution in [2.45, 2.75) is 26.4 Å². The van der Waals surface area contributed by atoms with E-state index in [0.29, 0.717) is 26.7 Å². The van der Waals surface area contributed by atoms with Gasteiger partial charge < -0.3 is 15.2 Å². The predicted molar refractivity (Wildman–Crippen MR) is 103 cm³/mol. The molecule has 2 rings (SSSR count). The van der Waals surface area contributed by atoms with Crippen molar-refractivity contribution in [3.63, 3.8) is 0 Å². The van der Waals surface area contributed by atoms with E-state index in [1.807, 2.05) is 19.1 Å². The van der Waals surface area contributed by atoms with Crippen LogP contribution in [0.3, 0.4) is 0 Å². The van der Waals surface area contributed by atoms with E-state index < -0.39 is 5.97 Å². The molecule has 0 aliphatic rings. The molecule has 2 aromatic rings. The lowest BCUT2D eigenvalue weighted by Crippen LogP contribution is -2.03. The summed E-state index contributed by atoms with van der Waals surface area (Å²) in [4.78, 5) is 10.7. The summed E-state index contributed by atoms with van der Waals surface area (Å²) in [6, 6.07) is 8.45. The molecular formula is C18H18Br2FNO3. The van der Waals surface area contributed by atoms with Gasteiger partial charge in [-0.1, -0.05) is 0 Å². The molecular weight excluding hydrogens is 457 g/mol. The van der Waals surface area contributed by atoms with Gasteiger partial charge in [0.1, 0.15) is 18.2 Å². The Balaban J connectivity index is 2.13. The lowest BCUT2D eigenvalue weighted by Gasteiger charge is -2.13. The summed E-state index contributed by atoms with van der Waals surface area (Å²) in [5.41, 5.74) is 2.16. The van der Waals surface area contributed by atoms with E-state index in [2.05, 4.69) is 37.2 Å². The highest BCUT2D eigenvalue weighted by Gasteiger charge is 2.12. The van der Waals surface area contributed by atoms with E-state index >= 15 is 0 Å². The second-order valence-electron chi connectivity index (χ2n) is 5.41. The predicted octanol–water partition coefficient (Wildman–Crippen LogP) is 5.38. The van der Waals surface area contributed by atoms with Crippen molar-refractivity contribution >= 4 is 43.5 Å². The van der Waals surface area contributed by atoms with E-state index in [1.165, 1.54) is 6.07 Å². The standard InChI is InChI=1S/C18H18Br2FNO3/c1-2-22-13-4-5-16(21)12(9-13)10-25-18-14(19)7-11(8-15(18)20)3-6-17(23)24/h4-5,7-9,22H,2-3,6,10H2,1H3,(H,23,24). The van der Waals surface area contributed by atoms with Crippen LogP contribution >= 0.6 is 31.9 Å². The smallest absolute Gasteiger partial charge is 0.303 e. The largest absolute Gasteiger partial charge is 0.486 e. The van der Waals surface area contributed by atoms with Crippen LogP contribution in [0.25, 0.3) is 0 Å².